The van der Waals surface area contributed by atoms with E-state index in [1.807, 2.05) is 30.3 Å². The molecule has 25 heavy (non-hydrogen) atoms. The van der Waals surface area contributed by atoms with Crippen molar-refractivity contribution in [2.24, 2.45) is 10.1 Å². The highest BCUT2D eigenvalue weighted by Crippen LogP contribution is 2.30. The summed E-state index contributed by atoms with van der Waals surface area (Å²) in [4.78, 5) is 16.4. The molecule has 0 spiro atoms. The van der Waals surface area contributed by atoms with Crippen molar-refractivity contribution in [1.29, 1.82) is 5.41 Å². The van der Waals surface area contributed by atoms with Crippen LogP contribution in [-0.2, 0) is 4.79 Å². The lowest BCUT2D eigenvalue weighted by atomic mass is 10.1. The number of amidine groups is 2. The van der Waals surface area contributed by atoms with Crippen molar-refractivity contribution in [2.75, 3.05) is 0 Å². The number of amides is 1. The largest absolute Gasteiger partial charge is 0.283 e. The molecule has 0 bridgehead atoms. The minimum absolute atomic E-state index is 0.104. The SMILES string of the molecule is CCCCCCCC1=NN2C(=N)/C(=C/c3ccccc3)C(=O)N=C2S1. The average molecular weight is 354 g/mol. The van der Waals surface area contributed by atoms with E-state index >= 15 is 0 Å². The van der Waals surface area contributed by atoms with Gasteiger partial charge in [-0.2, -0.15) is 15.1 Å². The first-order chi connectivity index (χ1) is 12.2. The minimum atomic E-state index is -0.369. The van der Waals surface area contributed by atoms with E-state index in [-0.39, 0.29) is 17.3 Å². The Bertz CT molecular complexity index is 752. The molecule has 0 aromatic heterocycles. The van der Waals surface area contributed by atoms with E-state index in [9.17, 15) is 4.79 Å². The number of nitrogens with one attached hydrogen (secondary N) is 1. The molecule has 1 aromatic rings. The third-order valence-electron chi connectivity index (χ3n) is 4.10. The number of carbonyl (C=O) groups excluding carboxylic acids is 1. The summed E-state index contributed by atoms with van der Waals surface area (Å²) in [5, 5.41) is 15.8. The second-order valence-corrected chi connectivity index (χ2v) is 7.13. The maximum atomic E-state index is 12.3. The van der Waals surface area contributed by atoms with Gasteiger partial charge in [-0.15, -0.1) is 0 Å². The average Bonchev–Trinajstić information content (AvgIpc) is 3.02. The van der Waals surface area contributed by atoms with Crippen molar-refractivity contribution >= 4 is 39.8 Å². The monoisotopic (exact) mass is 354 g/mol. The number of aliphatic imine (C=N–C) groups is 1. The molecule has 1 aromatic carbocycles. The Kier molecular flexibility index (Phi) is 5.81. The highest BCUT2D eigenvalue weighted by molar-refractivity contribution is 8.26. The third kappa shape index (κ3) is 4.25. The quantitative estimate of drug-likeness (QED) is 0.571. The summed E-state index contributed by atoms with van der Waals surface area (Å²) in [7, 11) is 0. The first kappa shape index (κ1) is 17.6. The molecule has 2 aliphatic heterocycles. The van der Waals surface area contributed by atoms with E-state index in [1.54, 1.807) is 6.08 Å². The highest BCUT2D eigenvalue weighted by atomic mass is 32.2. The number of unbranched alkanes of at least 4 members (excludes halogenated alkanes) is 4. The molecule has 0 atom stereocenters. The number of benzene rings is 1. The van der Waals surface area contributed by atoms with Gasteiger partial charge >= 0.3 is 0 Å². The zero-order valence-corrected chi connectivity index (χ0v) is 15.2. The predicted molar refractivity (Wildman–Crippen MR) is 105 cm³/mol. The molecule has 1 N–H and O–H groups in total. The first-order valence-corrected chi connectivity index (χ1v) is 9.55. The van der Waals surface area contributed by atoms with E-state index < -0.39 is 0 Å². The van der Waals surface area contributed by atoms with Crippen LogP contribution in [0.4, 0.5) is 0 Å². The molecule has 1 amide bonds. The topological polar surface area (TPSA) is 68.9 Å². The maximum Gasteiger partial charge on any atom is 0.283 e. The Morgan fingerprint density at radius 2 is 1.92 bits per heavy atom. The van der Waals surface area contributed by atoms with Gasteiger partial charge in [-0.3, -0.25) is 10.2 Å². The van der Waals surface area contributed by atoms with Crippen LogP contribution in [0.5, 0.6) is 0 Å². The summed E-state index contributed by atoms with van der Waals surface area (Å²) in [5.41, 5.74) is 1.16. The van der Waals surface area contributed by atoms with Gasteiger partial charge in [0.25, 0.3) is 5.91 Å². The summed E-state index contributed by atoms with van der Waals surface area (Å²) in [5.74, 6) is -0.265. The Morgan fingerprint density at radius 3 is 2.68 bits per heavy atom. The fourth-order valence-electron chi connectivity index (χ4n) is 2.73. The number of hydrogen-bond donors (Lipinski definition) is 1. The fourth-order valence-corrected chi connectivity index (χ4v) is 3.66. The van der Waals surface area contributed by atoms with Crippen molar-refractivity contribution in [3.8, 4) is 0 Å². The lowest BCUT2D eigenvalue weighted by Gasteiger charge is -2.20. The van der Waals surface area contributed by atoms with Crippen LogP contribution in [0.3, 0.4) is 0 Å². The normalized spacial score (nSPS) is 18.4. The molecule has 2 heterocycles. The molecule has 0 saturated heterocycles. The van der Waals surface area contributed by atoms with Crippen LogP contribution in [-0.4, -0.2) is 27.0 Å². The van der Waals surface area contributed by atoms with Gasteiger partial charge in [0.2, 0.25) is 5.17 Å². The van der Waals surface area contributed by atoms with Crippen molar-refractivity contribution in [1.82, 2.24) is 5.01 Å². The lowest BCUT2D eigenvalue weighted by Crippen LogP contribution is -2.35. The minimum Gasteiger partial charge on any atom is -0.282 e. The molecule has 130 valence electrons. The fraction of sp³-hybridized carbons (Fsp3) is 0.368. The smallest absolute Gasteiger partial charge is 0.282 e. The summed E-state index contributed by atoms with van der Waals surface area (Å²) in [6, 6.07) is 9.52. The van der Waals surface area contributed by atoms with Crippen molar-refractivity contribution in [2.45, 2.75) is 45.4 Å². The maximum absolute atomic E-state index is 12.3. The van der Waals surface area contributed by atoms with E-state index in [0.29, 0.717) is 5.17 Å². The van der Waals surface area contributed by atoms with Gasteiger partial charge in [0.15, 0.2) is 5.84 Å². The third-order valence-corrected chi connectivity index (χ3v) is 5.07. The van der Waals surface area contributed by atoms with Crippen molar-refractivity contribution < 1.29 is 4.79 Å². The lowest BCUT2D eigenvalue weighted by molar-refractivity contribution is -0.114. The number of hydrogen-bond acceptors (Lipinski definition) is 4. The highest BCUT2D eigenvalue weighted by Gasteiger charge is 2.35. The molecular weight excluding hydrogens is 332 g/mol. The van der Waals surface area contributed by atoms with Crippen LogP contribution in [0.1, 0.15) is 51.0 Å². The molecule has 0 radical (unpaired) electrons. The Labute approximate surface area is 152 Å². The van der Waals surface area contributed by atoms with Crippen LogP contribution in [0.25, 0.3) is 6.08 Å². The van der Waals surface area contributed by atoms with E-state index in [4.69, 9.17) is 5.41 Å². The number of nitrogens with zero attached hydrogens (tertiary/aromatic N) is 3. The zero-order valence-electron chi connectivity index (χ0n) is 14.4. The molecule has 0 aliphatic carbocycles. The Morgan fingerprint density at radius 1 is 1.16 bits per heavy atom. The van der Waals surface area contributed by atoms with Crippen LogP contribution in [0.15, 0.2) is 46.0 Å². The molecule has 2 aliphatic rings. The number of hydrazone groups is 1. The molecule has 5 nitrogen and oxygen atoms in total. The van der Waals surface area contributed by atoms with Crippen LogP contribution in [0, 0.1) is 5.41 Å². The number of rotatable bonds is 7. The summed E-state index contributed by atoms with van der Waals surface area (Å²) >= 11 is 1.41. The molecule has 0 unspecified atom stereocenters. The Balaban J connectivity index is 1.69. The van der Waals surface area contributed by atoms with Crippen LogP contribution in [0.2, 0.25) is 0 Å². The molecule has 0 fully saturated rings. The van der Waals surface area contributed by atoms with Gasteiger partial charge in [0.05, 0.1) is 5.57 Å². The van der Waals surface area contributed by atoms with E-state index in [1.165, 1.54) is 42.5 Å². The van der Waals surface area contributed by atoms with Crippen molar-refractivity contribution in [3.63, 3.8) is 0 Å². The van der Waals surface area contributed by atoms with Gasteiger partial charge in [-0.05, 0) is 36.2 Å². The molecule has 6 heteroatoms. The van der Waals surface area contributed by atoms with Crippen molar-refractivity contribution in [3.05, 3.63) is 41.5 Å². The first-order valence-electron chi connectivity index (χ1n) is 8.73. The van der Waals surface area contributed by atoms with E-state index in [2.05, 4.69) is 17.0 Å². The second-order valence-electron chi connectivity index (χ2n) is 6.09. The number of fused-ring (bicyclic) bond motifs is 1. The Hall–Kier alpha value is -2.21. The van der Waals surface area contributed by atoms with Gasteiger partial charge < -0.3 is 0 Å². The van der Waals surface area contributed by atoms with Crippen LogP contribution < -0.4 is 0 Å². The molecular formula is C19H22N4OS. The number of thioether (sulfide) groups is 1. The molecule has 0 saturated carbocycles. The van der Waals surface area contributed by atoms with E-state index in [0.717, 1.165) is 23.4 Å². The standard InChI is InChI=1S/C19H22N4OS/c1-2-3-4-5-9-12-16-22-23-17(20)15(18(24)21-19(23)25-16)13-14-10-7-6-8-11-14/h6-8,10-11,13,20H,2-5,9,12H2,1H3/b15-13-,20-17?. The van der Waals surface area contributed by atoms with Gasteiger partial charge in [-0.1, -0.05) is 62.9 Å². The summed E-state index contributed by atoms with van der Waals surface area (Å²) < 4.78 is 0. The van der Waals surface area contributed by atoms with Crippen LogP contribution >= 0.6 is 11.8 Å². The van der Waals surface area contributed by atoms with Gasteiger partial charge in [0, 0.05) is 0 Å². The predicted octanol–water partition coefficient (Wildman–Crippen LogP) is 4.67. The zero-order chi connectivity index (χ0) is 17.6. The van der Waals surface area contributed by atoms with Gasteiger partial charge in [-0.25, -0.2) is 0 Å². The second kappa shape index (κ2) is 8.25. The van der Waals surface area contributed by atoms with Gasteiger partial charge in [0.1, 0.15) is 5.04 Å². The molecule has 3 rings (SSSR count). The summed E-state index contributed by atoms with van der Waals surface area (Å²) in [6.07, 6.45) is 8.60. The summed E-state index contributed by atoms with van der Waals surface area (Å²) in [6.45, 7) is 2.20. The number of carbonyl (C=O) groups is 1.